The molecule has 0 aromatic carbocycles. The fourth-order valence-electron chi connectivity index (χ4n) is 3.34. The molecule has 2 rings (SSSR count). The van der Waals surface area contributed by atoms with E-state index in [1.54, 1.807) is 0 Å². The maximum atomic E-state index is 12.3. The third-order valence-electron chi connectivity index (χ3n) is 4.78. The molecule has 2 aliphatic heterocycles. The van der Waals surface area contributed by atoms with Crippen LogP contribution in [0.5, 0.6) is 0 Å². The smallest absolute Gasteiger partial charge is 0.225 e. The molecule has 1 unspecified atom stereocenters. The second-order valence-corrected chi connectivity index (χ2v) is 6.20. The maximum Gasteiger partial charge on any atom is 0.225 e. The molecule has 0 bridgehead atoms. The predicted molar refractivity (Wildman–Crippen MR) is 78.1 cm³/mol. The molecule has 2 aliphatic rings. The Hall–Kier alpha value is -0.610. The molecule has 2 heterocycles. The highest BCUT2D eigenvalue weighted by Crippen LogP contribution is 2.19. The summed E-state index contributed by atoms with van der Waals surface area (Å²) in [4.78, 5) is 16.8. The van der Waals surface area contributed by atoms with Crippen molar-refractivity contribution in [1.82, 2.24) is 15.1 Å². The Kier molecular flexibility index (Phi) is 5.64. The molecule has 0 radical (unpaired) electrons. The fourth-order valence-corrected chi connectivity index (χ4v) is 3.34. The molecule has 1 amide bonds. The molecule has 0 aliphatic carbocycles. The van der Waals surface area contributed by atoms with E-state index in [4.69, 9.17) is 0 Å². The molecule has 110 valence electrons. The van der Waals surface area contributed by atoms with Crippen molar-refractivity contribution >= 4 is 5.91 Å². The summed E-state index contributed by atoms with van der Waals surface area (Å²) in [6, 6.07) is 0.678. The predicted octanol–water partition coefficient (Wildman–Crippen LogP) is 1.32. The van der Waals surface area contributed by atoms with E-state index in [2.05, 4.69) is 17.3 Å². The number of rotatable bonds is 4. The topological polar surface area (TPSA) is 35.6 Å². The second-order valence-electron chi connectivity index (χ2n) is 6.20. The Morgan fingerprint density at radius 3 is 2.68 bits per heavy atom. The molecule has 1 N–H and O–H groups in total. The lowest BCUT2D eigenvalue weighted by atomic mass is 9.96. The summed E-state index contributed by atoms with van der Waals surface area (Å²) in [6.45, 7) is 4.12. The van der Waals surface area contributed by atoms with Crippen molar-refractivity contribution in [2.24, 2.45) is 5.92 Å². The highest BCUT2D eigenvalue weighted by Gasteiger charge is 2.25. The van der Waals surface area contributed by atoms with Crippen LogP contribution in [0.25, 0.3) is 0 Å². The van der Waals surface area contributed by atoms with Crippen LogP contribution < -0.4 is 5.32 Å². The number of hydrogen-bond donors (Lipinski definition) is 1. The van der Waals surface area contributed by atoms with Crippen molar-refractivity contribution in [1.29, 1.82) is 0 Å². The maximum absolute atomic E-state index is 12.3. The lowest BCUT2D eigenvalue weighted by Crippen LogP contribution is -2.42. The molecule has 0 aromatic rings. The van der Waals surface area contributed by atoms with Crippen molar-refractivity contribution in [2.45, 2.75) is 44.6 Å². The van der Waals surface area contributed by atoms with Gasteiger partial charge in [0, 0.05) is 25.6 Å². The van der Waals surface area contributed by atoms with Crippen molar-refractivity contribution in [2.75, 3.05) is 40.3 Å². The number of nitrogens with one attached hydrogen (secondary N) is 1. The number of carbonyl (C=O) groups is 1. The quantitative estimate of drug-likeness (QED) is 0.834. The fraction of sp³-hybridized carbons (Fsp3) is 0.933. The summed E-state index contributed by atoms with van der Waals surface area (Å²) in [5.74, 6) is 0.621. The number of hydrogen-bond acceptors (Lipinski definition) is 3. The lowest BCUT2D eigenvalue weighted by Gasteiger charge is -2.34. The first-order valence-electron chi connectivity index (χ1n) is 7.84. The SMILES string of the molecule is CN(CCC1CCCCN1C)C(=O)C1CCNCC1. The first-order valence-corrected chi connectivity index (χ1v) is 7.84. The van der Waals surface area contributed by atoms with E-state index in [-0.39, 0.29) is 5.92 Å². The Balaban J connectivity index is 1.73. The van der Waals surface area contributed by atoms with Crippen LogP contribution in [0.1, 0.15) is 38.5 Å². The van der Waals surface area contributed by atoms with Crippen molar-refractivity contribution < 1.29 is 4.79 Å². The van der Waals surface area contributed by atoms with Gasteiger partial charge >= 0.3 is 0 Å². The average Bonchev–Trinajstić information content (AvgIpc) is 2.46. The Bertz CT molecular complexity index is 289. The summed E-state index contributed by atoms with van der Waals surface area (Å²) in [6.07, 6.45) is 7.12. The van der Waals surface area contributed by atoms with Gasteiger partial charge in [-0.05, 0) is 58.8 Å². The van der Waals surface area contributed by atoms with Gasteiger partial charge in [0.25, 0.3) is 0 Å². The summed E-state index contributed by atoms with van der Waals surface area (Å²) >= 11 is 0. The van der Waals surface area contributed by atoms with E-state index in [1.807, 2.05) is 11.9 Å². The van der Waals surface area contributed by atoms with Gasteiger partial charge in [0.2, 0.25) is 5.91 Å². The molecule has 2 fully saturated rings. The highest BCUT2D eigenvalue weighted by atomic mass is 16.2. The summed E-state index contributed by atoms with van der Waals surface area (Å²) < 4.78 is 0. The van der Waals surface area contributed by atoms with E-state index < -0.39 is 0 Å². The average molecular weight is 267 g/mol. The van der Waals surface area contributed by atoms with Gasteiger partial charge in [-0.25, -0.2) is 0 Å². The number of piperidine rings is 2. The zero-order valence-corrected chi connectivity index (χ0v) is 12.5. The molecular formula is C15H29N3O. The van der Waals surface area contributed by atoms with E-state index in [1.165, 1.54) is 25.8 Å². The van der Waals surface area contributed by atoms with Gasteiger partial charge in [-0.1, -0.05) is 6.42 Å². The van der Waals surface area contributed by atoms with E-state index in [9.17, 15) is 4.79 Å². The lowest BCUT2D eigenvalue weighted by molar-refractivity contribution is -0.135. The van der Waals surface area contributed by atoms with Crippen LogP contribution in [-0.2, 0) is 4.79 Å². The van der Waals surface area contributed by atoms with E-state index in [0.717, 1.165) is 38.9 Å². The van der Waals surface area contributed by atoms with Gasteiger partial charge in [0.15, 0.2) is 0 Å². The standard InChI is InChI=1S/C15H29N3O/c1-17-11-4-3-5-14(17)8-12-18(2)15(19)13-6-9-16-10-7-13/h13-14,16H,3-12H2,1-2H3. The zero-order valence-electron chi connectivity index (χ0n) is 12.5. The van der Waals surface area contributed by atoms with Crippen molar-refractivity contribution in [3.8, 4) is 0 Å². The molecule has 0 spiro atoms. The van der Waals surface area contributed by atoms with E-state index in [0.29, 0.717) is 11.9 Å². The zero-order chi connectivity index (χ0) is 13.7. The van der Waals surface area contributed by atoms with Crippen LogP contribution in [0.3, 0.4) is 0 Å². The largest absolute Gasteiger partial charge is 0.345 e. The summed E-state index contributed by atoms with van der Waals surface area (Å²) in [5, 5.41) is 3.32. The molecule has 0 aromatic heterocycles. The Labute approximate surface area is 117 Å². The van der Waals surface area contributed by atoms with Gasteiger partial charge in [0.05, 0.1) is 0 Å². The van der Waals surface area contributed by atoms with Crippen LogP contribution >= 0.6 is 0 Å². The minimum Gasteiger partial charge on any atom is -0.345 e. The number of likely N-dealkylation sites (tertiary alicyclic amines) is 1. The third kappa shape index (κ3) is 4.18. The molecular weight excluding hydrogens is 238 g/mol. The second kappa shape index (κ2) is 7.25. The van der Waals surface area contributed by atoms with Crippen LogP contribution in [-0.4, -0.2) is 62.0 Å². The van der Waals surface area contributed by atoms with Crippen molar-refractivity contribution in [3.63, 3.8) is 0 Å². The Morgan fingerprint density at radius 2 is 2.00 bits per heavy atom. The van der Waals surface area contributed by atoms with Crippen molar-refractivity contribution in [3.05, 3.63) is 0 Å². The van der Waals surface area contributed by atoms with Crippen LogP contribution in [0.4, 0.5) is 0 Å². The number of nitrogens with zero attached hydrogens (tertiary/aromatic N) is 2. The van der Waals surface area contributed by atoms with Gasteiger partial charge in [-0.15, -0.1) is 0 Å². The first kappa shape index (κ1) is 14.8. The van der Waals surface area contributed by atoms with Crippen LogP contribution in [0.15, 0.2) is 0 Å². The Morgan fingerprint density at radius 1 is 1.26 bits per heavy atom. The number of amides is 1. The van der Waals surface area contributed by atoms with Crippen LogP contribution in [0.2, 0.25) is 0 Å². The molecule has 4 nitrogen and oxygen atoms in total. The summed E-state index contributed by atoms with van der Waals surface area (Å²) in [5.41, 5.74) is 0. The van der Waals surface area contributed by atoms with Gasteiger partial charge in [0.1, 0.15) is 0 Å². The van der Waals surface area contributed by atoms with E-state index >= 15 is 0 Å². The number of carbonyl (C=O) groups excluding carboxylic acids is 1. The normalized spacial score (nSPS) is 26.3. The molecule has 0 saturated carbocycles. The molecule has 2 saturated heterocycles. The van der Waals surface area contributed by atoms with Crippen LogP contribution in [0, 0.1) is 5.92 Å². The van der Waals surface area contributed by atoms with Gasteiger partial charge in [-0.2, -0.15) is 0 Å². The minimum absolute atomic E-state index is 0.260. The van der Waals surface area contributed by atoms with Gasteiger partial charge in [-0.3, -0.25) is 4.79 Å². The third-order valence-corrected chi connectivity index (χ3v) is 4.78. The minimum atomic E-state index is 0.260. The first-order chi connectivity index (χ1) is 9.18. The monoisotopic (exact) mass is 267 g/mol. The van der Waals surface area contributed by atoms with Gasteiger partial charge < -0.3 is 15.1 Å². The molecule has 4 heteroatoms. The highest BCUT2D eigenvalue weighted by molar-refractivity contribution is 5.78. The molecule has 1 atom stereocenters. The summed E-state index contributed by atoms with van der Waals surface area (Å²) in [7, 11) is 4.20. The molecule has 19 heavy (non-hydrogen) atoms.